The first-order valence-electron chi connectivity index (χ1n) is 18.7. The predicted octanol–water partition coefficient (Wildman–Crippen LogP) is 7.83. The van der Waals surface area contributed by atoms with Crippen molar-refractivity contribution in [3.05, 3.63) is 152 Å². The number of esters is 2. The smallest absolute Gasteiger partial charge is 0.345 e. The van der Waals surface area contributed by atoms with E-state index < -0.39 is 156 Å². The molecule has 0 N–H and O–H groups in total. The van der Waals surface area contributed by atoms with Crippen LogP contribution in [0.25, 0.3) is 0 Å². The lowest BCUT2D eigenvalue weighted by Crippen LogP contribution is -2.81. The predicted molar refractivity (Wildman–Crippen MR) is 193 cm³/mol. The van der Waals surface area contributed by atoms with Crippen LogP contribution < -0.4 is 26.4 Å². The standard InChI is InChI=1S/C24BF20.C17H25N2O4/c26-5-1(6(27)14(35)21(42)13(5)34)25(2-7(28)15(36)22(43)16(37)8(2)29,3-9(30)17(38)23(44)18(39)10(3)31)4-11(32)19(40)24(45)20(41)12(4)33;1-4-5-6-7-8-14(13-19-11-9-18-10-12-19)15(16(20)22-2)17(21)23-3/h;9-12H,4-8,13H2,1-3H3/q-1;+1. The highest BCUT2D eigenvalue weighted by Crippen LogP contribution is 2.31. The number of ether oxygens (including phenoxy) is 2. The first-order valence-corrected chi connectivity index (χ1v) is 18.7. The van der Waals surface area contributed by atoms with Gasteiger partial charge >= 0.3 is 11.9 Å². The van der Waals surface area contributed by atoms with Gasteiger partial charge in [-0.25, -0.2) is 97.4 Å². The molecule has 5 aromatic rings. The third kappa shape index (κ3) is 9.29. The van der Waals surface area contributed by atoms with Crippen LogP contribution in [0.2, 0.25) is 0 Å². The fraction of sp³-hybridized carbons (Fsp3) is 0.220. The van der Waals surface area contributed by atoms with E-state index in [1.165, 1.54) is 14.2 Å². The Bertz CT molecular complexity index is 2430. The Kier molecular flexibility index (Phi) is 17.1. The zero-order valence-corrected chi connectivity index (χ0v) is 34.2. The van der Waals surface area contributed by atoms with Gasteiger partial charge in [-0.15, -0.1) is 21.9 Å². The molecule has 6 nitrogen and oxygen atoms in total. The van der Waals surface area contributed by atoms with Gasteiger partial charge in [0.1, 0.15) is 58.3 Å². The number of methoxy groups -OCH3 is 2. The largest absolute Gasteiger partial charge is 0.465 e. The van der Waals surface area contributed by atoms with Gasteiger partial charge in [0, 0.05) is 5.57 Å². The molecule has 0 saturated carbocycles. The van der Waals surface area contributed by atoms with Crippen LogP contribution in [0.15, 0.2) is 35.9 Å². The van der Waals surface area contributed by atoms with Crippen LogP contribution in [0.5, 0.6) is 0 Å². The number of carbonyl (C=O) groups excluding carboxylic acids is 2. The average Bonchev–Trinajstić information content (AvgIpc) is 3.33. The minimum atomic E-state index is -7.22. The van der Waals surface area contributed by atoms with Gasteiger partial charge in [0.25, 0.3) is 0 Å². The first-order chi connectivity index (χ1) is 31.8. The van der Waals surface area contributed by atoms with E-state index in [-0.39, 0.29) is 5.57 Å². The summed E-state index contributed by atoms with van der Waals surface area (Å²) < 4.78 is 305. The number of hydrogen-bond acceptors (Lipinski definition) is 5. The Hall–Kier alpha value is -6.70. The van der Waals surface area contributed by atoms with Crippen molar-refractivity contribution in [2.75, 3.05) is 14.2 Å². The van der Waals surface area contributed by atoms with E-state index in [4.69, 9.17) is 9.47 Å². The molecule has 0 atom stereocenters. The van der Waals surface area contributed by atoms with Gasteiger partial charge < -0.3 is 9.47 Å². The third-order valence-electron chi connectivity index (χ3n) is 10.2. The molecule has 0 bridgehead atoms. The fourth-order valence-electron chi connectivity index (χ4n) is 7.17. The van der Waals surface area contributed by atoms with Gasteiger partial charge in [-0.2, -0.15) is 4.57 Å². The zero-order valence-electron chi connectivity index (χ0n) is 34.2. The normalized spacial score (nSPS) is 11.3. The lowest BCUT2D eigenvalue weighted by Gasteiger charge is -2.44. The molecule has 0 saturated heterocycles. The molecule has 0 aliphatic heterocycles. The van der Waals surface area contributed by atoms with Crippen LogP contribution >= 0.6 is 0 Å². The van der Waals surface area contributed by atoms with Gasteiger partial charge in [-0.1, -0.05) is 26.2 Å². The van der Waals surface area contributed by atoms with Crippen LogP contribution in [0.1, 0.15) is 39.0 Å². The van der Waals surface area contributed by atoms with Crippen LogP contribution in [0, 0.1) is 116 Å². The maximum Gasteiger partial charge on any atom is 0.345 e. The molecule has 0 radical (unpaired) electrons. The fourth-order valence-corrected chi connectivity index (χ4v) is 7.17. The number of rotatable bonds is 13. The highest BCUT2D eigenvalue weighted by atomic mass is 19.2. The number of carbonyl (C=O) groups is 2. The van der Waals surface area contributed by atoms with Gasteiger partial charge in [0.2, 0.25) is 0 Å². The summed E-state index contributed by atoms with van der Waals surface area (Å²) in [5, 5.41) is 0. The van der Waals surface area contributed by atoms with Gasteiger partial charge in [-0.3, -0.25) is 4.98 Å². The Morgan fingerprint density at radius 1 is 0.441 bits per heavy atom. The summed E-state index contributed by atoms with van der Waals surface area (Å²) in [5.41, 5.74) is -13.6. The molecule has 27 heteroatoms. The van der Waals surface area contributed by atoms with Crippen LogP contribution in [0.4, 0.5) is 87.8 Å². The van der Waals surface area contributed by atoms with Gasteiger partial charge in [0.05, 0.1) is 26.6 Å². The van der Waals surface area contributed by atoms with E-state index in [1.54, 1.807) is 24.8 Å². The van der Waals surface area contributed by atoms with Crippen molar-refractivity contribution >= 4 is 39.9 Å². The molecule has 0 aliphatic carbocycles. The number of unbranched alkanes of at least 4 members (excludes halogenated alkanes) is 3. The number of benzene rings is 4. The molecule has 68 heavy (non-hydrogen) atoms. The molecule has 1 aromatic heterocycles. The van der Waals surface area contributed by atoms with Crippen molar-refractivity contribution in [1.29, 1.82) is 0 Å². The second-order valence-electron chi connectivity index (χ2n) is 14.0. The second kappa shape index (κ2) is 21.5. The van der Waals surface area contributed by atoms with Crippen LogP contribution in [-0.4, -0.2) is 37.3 Å². The van der Waals surface area contributed by atoms with E-state index >= 15 is 35.1 Å². The third-order valence-corrected chi connectivity index (χ3v) is 10.2. The van der Waals surface area contributed by atoms with Gasteiger partial charge in [0.15, 0.2) is 88.7 Å². The monoisotopic (exact) mass is 1000 g/mol. The molecule has 0 unspecified atom stereocenters. The quantitative estimate of drug-likeness (QED) is 0.0115. The summed E-state index contributed by atoms with van der Waals surface area (Å²) in [7, 11) is 2.53. The molecule has 0 aliphatic rings. The van der Waals surface area contributed by atoms with Crippen molar-refractivity contribution in [1.82, 2.24) is 4.98 Å². The highest BCUT2D eigenvalue weighted by Gasteiger charge is 2.52. The molecule has 1 heterocycles. The molecular formula is C41H25BF20N2O4. The summed E-state index contributed by atoms with van der Waals surface area (Å²) in [6, 6.07) is 0. The summed E-state index contributed by atoms with van der Waals surface area (Å²) >= 11 is 0. The maximum atomic E-state index is 15.4. The molecule has 366 valence electrons. The molecular weight excluding hydrogens is 975 g/mol. The van der Waals surface area contributed by atoms with Crippen molar-refractivity contribution in [3.63, 3.8) is 0 Å². The number of nitrogens with zero attached hydrogens (tertiary/aromatic N) is 2. The van der Waals surface area contributed by atoms with Crippen molar-refractivity contribution in [3.8, 4) is 0 Å². The molecule has 0 spiro atoms. The van der Waals surface area contributed by atoms with Crippen molar-refractivity contribution in [2.45, 2.75) is 45.6 Å². The molecule has 0 amide bonds. The Morgan fingerprint density at radius 2 is 0.706 bits per heavy atom. The van der Waals surface area contributed by atoms with Gasteiger partial charge in [-0.05, 0) is 12.8 Å². The van der Waals surface area contributed by atoms with E-state index in [0.717, 1.165) is 31.3 Å². The topological polar surface area (TPSA) is 69.4 Å². The van der Waals surface area contributed by atoms with E-state index in [1.807, 2.05) is 4.57 Å². The van der Waals surface area contributed by atoms with E-state index in [2.05, 4.69) is 11.9 Å². The Balaban J connectivity index is 0.000000369. The Labute approximate surface area is 368 Å². The minimum absolute atomic E-state index is 0.00388. The zero-order chi connectivity index (χ0) is 51.4. The number of aromatic nitrogens is 2. The summed E-state index contributed by atoms with van der Waals surface area (Å²) in [4.78, 5) is 28.0. The molecule has 4 aromatic carbocycles. The number of allylic oxidation sites excluding steroid dienone is 1. The highest BCUT2D eigenvalue weighted by molar-refractivity contribution is 7.20. The SMILES string of the molecule is CCCCCCC(C[n+]1ccncc1)=C(C(=O)OC)C(=O)OC.Fc1c(F)c(F)c([B-](c2c(F)c(F)c(F)c(F)c2F)(c2c(F)c(F)c(F)c(F)c2F)c2c(F)c(F)c(F)c(F)c2F)c(F)c1F. The average molecular weight is 1000 g/mol. The minimum Gasteiger partial charge on any atom is -0.465 e. The number of hydrogen-bond donors (Lipinski definition) is 0. The Morgan fingerprint density at radius 3 is 0.956 bits per heavy atom. The summed E-state index contributed by atoms with van der Waals surface area (Å²) in [6.07, 6.45) is 4.54. The number of halogens is 20. The lowest BCUT2D eigenvalue weighted by molar-refractivity contribution is -0.689. The maximum absolute atomic E-state index is 15.4. The van der Waals surface area contributed by atoms with Crippen molar-refractivity contribution < 1.29 is 111 Å². The first kappa shape index (κ1) is 53.9. The van der Waals surface area contributed by atoms with E-state index in [9.17, 15) is 62.3 Å². The summed E-state index contributed by atoms with van der Waals surface area (Å²) in [5.74, 6) is -72.7. The van der Waals surface area contributed by atoms with Crippen molar-refractivity contribution in [2.24, 2.45) is 0 Å². The molecule has 0 fully saturated rings. The molecule has 5 rings (SSSR count). The van der Waals surface area contributed by atoms with Crippen LogP contribution in [-0.2, 0) is 25.6 Å². The van der Waals surface area contributed by atoms with E-state index in [0.29, 0.717) is 13.0 Å². The van der Waals surface area contributed by atoms with Crippen LogP contribution in [0.3, 0.4) is 0 Å². The summed E-state index contributed by atoms with van der Waals surface area (Å²) in [6.45, 7) is 2.56. The second-order valence-corrected chi connectivity index (χ2v) is 14.0. The lowest BCUT2D eigenvalue weighted by atomic mass is 9.12.